The Hall–Kier alpha value is -0.650. The van der Waals surface area contributed by atoms with Crippen molar-refractivity contribution in [2.45, 2.75) is 57.2 Å². The summed E-state index contributed by atoms with van der Waals surface area (Å²) in [7, 11) is 1.72. The number of methoxy groups -OCH3 is 1. The van der Waals surface area contributed by atoms with Gasteiger partial charge in [0, 0.05) is 26.2 Å². The third-order valence-electron chi connectivity index (χ3n) is 7.15. The van der Waals surface area contributed by atoms with Crippen molar-refractivity contribution >= 4 is 5.97 Å². The van der Waals surface area contributed by atoms with Crippen LogP contribution in [-0.4, -0.2) is 51.1 Å². The average Bonchev–Trinajstić information content (AvgIpc) is 3.24. The molecule has 0 bridgehead atoms. The lowest BCUT2D eigenvalue weighted by molar-refractivity contribution is -0.147. The maximum Gasteiger partial charge on any atom is 0.310 e. The van der Waals surface area contributed by atoms with Crippen LogP contribution in [0.1, 0.15) is 45.4 Å². The molecule has 5 heteroatoms. The summed E-state index contributed by atoms with van der Waals surface area (Å²) >= 11 is 0. The van der Waals surface area contributed by atoms with Crippen LogP contribution in [0.5, 0.6) is 0 Å². The number of carbonyl (C=O) groups excluding carboxylic acids is 1. The van der Waals surface area contributed by atoms with E-state index in [0.29, 0.717) is 11.8 Å². The molecule has 2 saturated heterocycles. The molecule has 1 N–H and O–H groups in total. The number of hydrogen-bond acceptors (Lipinski definition) is 5. The molecule has 2 heterocycles. The fourth-order valence-electron chi connectivity index (χ4n) is 5.79. The van der Waals surface area contributed by atoms with Crippen molar-refractivity contribution in [1.29, 1.82) is 0 Å². The second kappa shape index (κ2) is 6.26. The molecule has 4 fully saturated rings. The highest BCUT2D eigenvalue weighted by atomic mass is 16.6. The van der Waals surface area contributed by atoms with Crippen molar-refractivity contribution in [3.05, 3.63) is 0 Å². The first-order valence-corrected chi connectivity index (χ1v) is 9.62. The molecule has 2 aliphatic carbocycles. The van der Waals surface area contributed by atoms with Crippen LogP contribution in [0.25, 0.3) is 0 Å². The minimum atomic E-state index is 0.0113. The van der Waals surface area contributed by atoms with E-state index in [9.17, 15) is 4.79 Å². The minimum absolute atomic E-state index is 0.0113. The highest BCUT2D eigenvalue weighted by Gasteiger charge is 2.64. The number of fused-ring (bicyclic) bond motifs is 3. The first-order chi connectivity index (χ1) is 11.6. The predicted molar refractivity (Wildman–Crippen MR) is 89.6 cm³/mol. The highest BCUT2D eigenvalue weighted by molar-refractivity contribution is 5.75. The summed E-state index contributed by atoms with van der Waals surface area (Å²) in [5.74, 6) is 0.993. The van der Waals surface area contributed by atoms with Crippen molar-refractivity contribution in [3.63, 3.8) is 0 Å². The Balaban J connectivity index is 1.42. The van der Waals surface area contributed by atoms with Crippen LogP contribution in [0.4, 0.5) is 0 Å². The molecule has 5 nitrogen and oxygen atoms in total. The van der Waals surface area contributed by atoms with Gasteiger partial charge in [-0.3, -0.25) is 4.79 Å². The van der Waals surface area contributed by atoms with E-state index in [1.807, 2.05) is 0 Å². The largest absolute Gasteiger partial charge is 0.462 e. The lowest BCUT2D eigenvalue weighted by atomic mass is 9.53. The molecule has 2 saturated carbocycles. The molecule has 136 valence electrons. The number of esters is 1. The molecule has 0 amide bonds. The molecule has 0 aromatic heterocycles. The Morgan fingerprint density at radius 1 is 1.38 bits per heavy atom. The van der Waals surface area contributed by atoms with Crippen molar-refractivity contribution in [1.82, 2.24) is 5.32 Å². The molecule has 24 heavy (non-hydrogen) atoms. The normalized spacial score (nSPS) is 46.5. The van der Waals surface area contributed by atoms with Crippen molar-refractivity contribution < 1.29 is 19.0 Å². The summed E-state index contributed by atoms with van der Waals surface area (Å²) in [6.07, 6.45) is 6.94. The second-order valence-electron chi connectivity index (χ2n) is 8.65. The van der Waals surface area contributed by atoms with Crippen molar-refractivity contribution in [2.24, 2.45) is 23.2 Å². The summed E-state index contributed by atoms with van der Waals surface area (Å²) in [6, 6.07) is 0. The van der Waals surface area contributed by atoms with Gasteiger partial charge in [-0.05, 0) is 56.4 Å². The number of rotatable bonds is 6. The monoisotopic (exact) mass is 337 g/mol. The van der Waals surface area contributed by atoms with Crippen LogP contribution in [0.3, 0.4) is 0 Å². The summed E-state index contributed by atoms with van der Waals surface area (Å²) < 4.78 is 16.8. The zero-order valence-electron chi connectivity index (χ0n) is 15.0. The zero-order valence-corrected chi connectivity index (χ0v) is 15.0. The van der Waals surface area contributed by atoms with Gasteiger partial charge in [-0.15, -0.1) is 0 Å². The Kier molecular flexibility index (Phi) is 4.38. The fraction of sp³-hybridized carbons (Fsp3) is 0.947. The second-order valence-corrected chi connectivity index (χ2v) is 8.65. The van der Waals surface area contributed by atoms with Crippen molar-refractivity contribution in [2.75, 3.05) is 33.4 Å². The molecule has 2 aliphatic heterocycles. The SMILES string of the molecule is COCCCNC[C@@H]1C(=O)O[C@@H]2C[C@@]3(C)CCC[C@]4(CO4)[C@@H]3C[C@H]12. The van der Waals surface area contributed by atoms with Gasteiger partial charge in [-0.1, -0.05) is 6.92 Å². The zero-order chi connectivity index (χ0) is 16.8. The van der Waals surface area contributed by atoms with Gasteiger partial charge in [0.25, 0.3) is 0 Å². The topological polar surface area (TPSA) is 60.1 Å². The fourth-order valence-corrected chi connectivity index (χ4v) is 5.79. The van der Waals surface area contributed by atoms with Crippen LogP contribution in [0.2, 0.25) is 0 Å². The van der Waals surface area contributed by atoms with E-state index in [-0.39, 0.29) is 29.0 Å². The smallest absolute Gasteiger partial charge is 0.310 e. The Bertz CT molecular complexity index is 492. The van der Waals surface area contributed by atoms with Gasteiger partial charge < -0.3 is 19.5 Å². The van der Waals surface area contributed by atoms with E-state index in [1.165, 1.54) is 19.3 Å². The van der Waals surface area contributed by atoms with Crippen LogP contribution >= 0.6 is 0 Å². The van der Waals surface area contributed by atoms with Gasteiger partial charge in [-0.25, -0.2) is 0 Å². The van der Waals surface area contributed by atoms with Crippen LogP contribution in [0.15, 0.2) is 0 Å². The maximum absolute atomic E-state index is 12.4. The van der Waals surface area contributed by atoms with E-state index in [2.05, 4.69) is 12.2 Å². The number of carbonyl (C=O) groups is 1. The Morgan fingerprint density at radius 2 is 2.21 bits per heavy atom. The molecule has 0 aromatic carbocycles. The van der Waals surface area contributed by atoms with Gasteiger partial charge in [0.2, 0.25) is 0 Å². The first kappa shape index (κ1) is 16.8. The Labute approximate surface area is 144 Å². The molecule has 1 spiro atoms. The van der Waals surface area contributed by atoms with Crippen LogP contribution in [-0.2, 0) is 19.0 Å². The molecule has 4 aliphatic rings. The maximum atomic E-state index is 12.4. The van der Waals surface area contributed by atoms with Gasteiger partial charge >= 0.3 is 5.97 Å². The standard InChI is InChI=1S/C19H31NO4/c1-18-5-3-6-19(12-23-19)16(18)9-13-14(11-20-7-4-8-22-2)17(21)24-15(13)10-18/h13-16,20H,3-12H2,1-2H3/t13-,14+,15-,16-,18-,19+/m1/s1. The first-order valence-electron chi connectivity index (χ1n) is 9.62. The van der Waals surface area contributed by atoms with E-state index in [1.54, 1.807) is 7.11 Å². The van der Waals surface area contributed by atoms with E-state index in [4.69, 9.17) is 14.2 Å². The predicted octanol–water partition coefficient (Wildman–Crippen LogP) is 2.14. The summed E-state index contributed by atoms with van der Waals surface area (Å²) in [5, 5.41) is 3.43. The Morgan fingerprint density at radius 3 is 2.96 bits per heavy atom. The number of ether oxygens (including phenoxy) is 3. The third-order valence-corrected chi connectivity index (χ3v) is 7.15. The molecule has 0 radical (unpaired) electrons. The van der Waals surface area contributed by atoms with Gasteiger partial charge in [-0.2, -0.15) is 0 Å². The van der Waals surface area contributed by atoms with E-state index < -0.39 is 0 Å². The molecule has 0 aromatic rings. The average molecular weight is 337 g/mol. The highest BCUT2D eigenvalue weighted by Crippen LogP contribution is 2.62. The minimum Gasteiger partial charge on any atom is -0.462 e. The van der Waals surface area contributed by atoms with Crippen LogP contribution in [0, 0.1) is 23.2 Å². The van der Waals surface area contributed by atoms with Crippen LogP contribution < -0.4 is 5.32 Å². The van der Waals surface area contributed by atoms with E-state index in [0.717, 1.165) is 45.6 Å². The van der Waals surface area contributed by atoms with Gasteiger partial charge in [0.1, 0.15) is 6.10 Å². The molecule has 0 unspecified atom stereocenters. The quantitative estimate of drug-likeness (QED) is 0.457. The lowest BCUT2D eigenvalue weighted by Gasteiger charge is -2.51. The van der Waals surface area contributed by atoms with Gasteiger partial charge in [0.15, 0.2) is 0 Å². The lowest BCUT2D eigenvalue weighted by Crippen LogP contribution is -2.51. The van der Waals surface area contributed by atoms with Crippen molar-refractivity contribution in [3.8, 4) is 0 Å². The molecular formula is C19H31NO4. The summed E-state index contributed by atoms with van der Waals surface area (Å²) in [5.41, 5.74) is 0.428. The number of epoxide rings is 1. The molecular weight excluding hydrogens is 306 g/mol. The number of hydrogen-bond donors (Lipinski definition) is 1. The summed E-state index contributed by atoms with van der Waals surface area (Å²) in [4.78, 5) is 12.4. The third kappa shape index (κ3) is 2.78. The number of nitrogens with one attached hydrogen (secondary N) is 1. The van der Waals surface area contributed by atoms with Gasteiger partial charge in [0.05, 0.1) is 18.1 Å². The summed E-state index contributed by atoms with van der Waals surface area (Å²) in [6.45, 7) is 5.72. The van der Waals surface area contributed by atoms with E-state index >= 15 is 0 Å². The molecule has 4 rings (SSSR count). The molecule has 6 atom stereocenters.